The average Bonchev–Trinajstić information content (AvgIpc) is 2.58. The Labute approximate surface area is 140 Å². The smallest absolute Gasteiger partial charge is 0.255 e. The van der Waals surface area contributed by atoms with Crippen molar-refractivity contribution in [1.82, 2.24) is 9.97 Å². The molecule has 2 aromatic carbocycles. The van der Waals surface area contributed by atoms with Crippen molar-refractivity contribution in [3.05, 3.63) is 77.7 Å². The van der Waals surface area contributed by atoms with E-state index in [9.17, 15) is 4.79 Å². The number of rotatable bonds is 4. The predicted octanol–water partition coefficient (Wildman–Crippen LogP) is 4.14. The van der Waals surface area contributed by atoms with Gasteiger partial charge in [0.15, 0.2) is 0 Å². The molecule has 3 rings (SSSR count). The van der Waals surface area contributed by atoms with Crippen LogP contribution in [0.5, 0.6) is 11.6 Å². The lowest BCUT2D eigenvalue weighted by atomic mass is 10.1. The molecule has 3 aromatic rings. The van der Waals surface area contributed by atoms with Crippen molar-refractivity contribution in [2.24, 2.45) is 0 Å². The largest absolute Gasteiger partial charge is 0.437 e. The highest BCUT2D eigenvalue weighted by Crippen LogP contribution is 2.23. The fourth-order valence-electron chi connectivity index (χ4n) is 2.28. The van der Waals surface area contributed by atoms with Crippen LogP contribution in [-0.2, 0) is 0 Å². The molecule has 0 aliphatic carbocycles. The quantitative estimate of drug-likeness (QED) is 0.785. The molecule has 0 saturated heterocycles. The summed E-state index contributed by atoms with van der Waals surface area (Å²) in [7, 11) is 0. The predicted molar refractivity (Wildman–Crippen MR) is 92.4 cm³/mol. The van der Waals surface area contributed by atoms with Gasteiger partial charge in [0.1, 0.15) is 5.75 Å². The Morgan fingerprint density at radius 3 is 2.75 bits per heavy atom. The van der Waals surface area contributed by atoms with Gasteiger partial charge in [-0.15, -0.1) is 0 Å². The van der Waals surface area contributed by atoms with Crippen LogP contribution in [0.3, 0.4) is 0 Å². The molecule has 5 heteroatoms. The first-order chi connectivity index (χ1) is 11.6. The van der Waals surface area contributed by atoms with Gasteiger partial charge >= 0.3 is 0 Å². The molecule has 24 heavy (non-hydrogen) atoms. The Bertz CT molecular complexity index is 863. The van der Waals surface area contributed by atoms with Crippen LogP contribution in [0.2, 0.25) is 0 Å². The fourth-order valence-corrected chi connectivity index (χ4v) is 2.28. The molecule has 0 saturated carbocycles. The van der Waals surface area contributed by atoms with E-state index in [1.165, 1.54) is 6.20 Å². The van der Waals surface area contributed by atoms with E-state index in [1.54, 1.807) is 24.5 Å². The molecule has 1 heterocycles. The van der Waals surface area contributed by atoms with Gasteiger partial charge in [-0.1, -0.05) is 23.8 Å². The number of nitrogens with zero attached hydrogens (tertiary/aromatic N) is 2. The number of amides is 1. The molecule has 0 aliphatic rings. The molecule has 0 fully saturated rings. The molecule has 5 nitrogen and oxygen atoms in total. The summed E-state index contributed by atoms with van der Waals surface area (Å²) in [4.78, 5) is 20.5. The second-order valence-electron chi connectivity index (χ2n) is 5.45. The van der Waals surface area contributed by atoms with Crippen LogP contribution >= 0.6 is 0 Å². The van der Waals surface area contributed by atoms with E-state index in [0.29, 0.717) is 22.9 Å². The average molecular weight is 319 g/mol. The molecule has 1 N–H and O–H groups in total. The van der Waals surface area contributed by atoms with E-state index in [0.717, 1.165) is 11.1 Å². The Hall–Kier alpha value is -3.21. The Balaban J connectivity index is 1.77. The van der Waals surface area contributed by atoms with Crippen LogP contribution < -0.4 is 10.1 Å². The van der Waals surface area contributed by atoms with Crippen molar-refractivity contribution in [3.8, 4) is 11.6 Å². The minimum absolute atomic E-state index is 0.146. The summed E-state index contributed by atoms with van der Waals surface area (Å²) in [6.07, 6.45) is 4.66. The molecule has 0 bridgehead atoms. The van der Waals surface area contributed by atoms with Crippen LogP contribution in [0.4, 0.5) is 5.69 Å². The summed E-state index contributed by atoms with van der Waals surface area (Å²) < 4.78 is 5.62. The summed E-state index contributed by atoms with van der Waals surface area (Å²) in [5.41, 5.74) is 3.30. The van der Waals surface area contributed by atoms with Crippen LogP contribution in [0.1, 0.15) is 21.5 Å². The van der Waals surface area contributed by atoms with E-state index < -0.39 is 0 Å². The third-order valence-corrected chi connectivity index (χ3v) is 3.49. The number of aromatic nitrogens is 2. The summed E-state index contributed by atoms with van der Waals surface area (Å²) in [6.45, 7) is 3.88. The van der Waals surface area contributed by atoms with Crippen LogP contribution in [0, 0.1) is 13.8 Å². The van der Waals surface area contributed by atoms with Gasteiger partial charge < -0.3 is 10.1 Å². The molecule has 0 unspecified atom stereocenters. The molecule has 0 radical (unpaired) electrons. The van der Waals surface area contributed by atoms with E-state index in [4.69, 9.17) is 4.74 Å². The molecule has 0 spiro atoms. The molecule has 1 amide bonds. The van der Waals surface area contributed by atoms with Crippen LogP contribution in [-0.4, -0.2) is 15.9 Å². The normalized spacial score (nSPS) is 10.2. The van der Waals surface area contributed by atoms with Crippen molar-refractivity contribution in [1.29, 1.82) is 0 Å². The zero-order chi connectivity index (χ0) is 16.9. The standard InChI is InChI=1S/C19H17N3O2/c1-13-6-7-14(2)17(10-13)19(23)22-15-4-3-5-16(11-15)24-18-12-20-8-9-21-18/h3-12H,1-2H3,(H,22,23). The highest BCUT2D eigenvalue weighted by atomic mass is 16.5. The fraction of sp³-hybridized carbons (Fsp3) is 0.105. The molecule has 1 aromatic heterocycles. The Morgan fingerprint density at radius 1 is 1.08 bits per heavy atom. The molecule has 0 aliphatic heterocycles. The lowest BCUT2D eigenvalue weighted by Crippen LogP contribution is -2.13. The minimum atomic E-state index is -0.146. The highest BCUT2D eigenvalue weighted by molar-refractivity contribution is 6.05. The van der Waals surface area contributed by atoms with E-state index in [-0.39, 0.29) is 5.91 Å². The van der Waals surface area contributed by atoms with E-state index >= 15 is 0 Å². The molecular weight excluding hydrogens is 302 g/mol. The van der Waals surface area contributed by atoms with Crippen molar-refractivity contribution in [2.45, 2.75) is 13.8 Å². The maximum Gasteiger partial charge on any atom is 0.255 e. The number of carbonyl (C=O) groups is 1. The van der Waals surface area contributed by atoms with Gasteiger partial charge in [0.2, 0.25) is 5.88 Å². The number of benzene rings is 2. The van der Waals surface area contributed by atoms with Crippen molar-refractivity contribution < 1.29 is 9.53 Å². The lowest BCUT2D eigenvalue weighted by Gasteiger charge is -2.10. The lowest BCUT2D eigenvalue weighted by molar-refractivity contribution is 0.102. The van der Waals surface area contributed by atoms with Gasteiger partial charge in [0.25, 0.3) is 5.91 Å². The van der Waals surface area contributed by atoms with Crippen molar-refractivity contribution in [3.63, 3.8) is 0 Å². The Kier molecular flexibility index (Phi) is 4.52. The van der Waals surface area contributed by atoms with Crippen molar-refractivity contribution >= 4 is 11.6 Å². The first-order valence-corrected chi connectivity index (χ1v) is 7.54. The van der Waals surface area contributed by atoms with Gasteiger partial charge in [-0.05, 0) is 37.6 Å². The number of carbonyl (C=O) groups excluding carboxylic acids is 1. The maximum absolute atomic E-state index is 12.5. The summed E-state index contributed by atoms with van der Waals surface area (Å²) in [5.74, 6) is 0.831. The van der Waals surface area contributed by atoms with E-state index in [2.05, 4.69) is 15.3 Å². The monoisotopic (exact) mass is 319 g/mol. The van der Waals surface area contributed by atoms with Gasteiger partial charge in [0, 0.05) is 29.7 Å². The summed E-state index contributed by atoms with van der Waals surface area (Å²) >= 11 is 0. The molecule has 0 atom stereocenters. The number of hydrogen-bond acceptors (Lipinski definition) is 4. The van der Waals surface area contributed by atoms with Crippen LogP contribution in [0.15, 0.2) is 61.1 Å². The van der Waals surface area contributed by atoms with E-state index in [1.807, 2.05) is 44.2 Å². The number of anilines is 1. The van der Waals surface area contributed by atoms with Crippen molar-refractivity contribution in [2.75, 3.05) is 5.32 Å². The maximum atomic E-state index is 12.5. The zero-order valence-electron chi connectivity index (χ0n) is 13.5. The number of hydrogen-bond donors (Lipinski definition) is 1. The Morgan fingerprint density at radius 2 is 1.96 bits per heavy atom. The zero-order valence-corrected chi connectivity index (χ0v) is 13.5. The first kappa shape index (κ1) is 15.7. The first-order valence-electron chi connectivity index (χ1n) is 7.54. The van der Waals surface area contributed by atoms with Gasteiger partial charge in [0.05, 0.1) is 6.20 Å². The van der Waals surface area contributed by atoms with Crippen LogP contribution in [0.25, 0.3) is 0 Å². The highest BCUT2D eigenvalue weighted by Gasteiger charge is 2.10. The number of nitrogens with one attached hydrogen (secondary N) is 1. The third-order valence-electron chi connectivity index (χ3n) is 3.49. The third kappa shape index (κ3) is 3.76. The minimum Gasteiger partial charge on any atom is -0.437 e. The number of ether oxygens (including phenoxy) is 1. The van der Waals surface area contributed by atoms with Gasteiger partial charge in [-0.3, -0.25) is 9.78 Å². The second-order valence-corrected chi connectivity index (χ2v) is 5.45. The SMILES string of the molecule is Cc1ccc(C)c(C(=O)Nc2cccc(Oc3cnccn3)c2)c1. The summed E-state index contributed by atoms with van der Waals surface area (Å²) in [6, 6.07) is 13.0. The second kappa shape index (κ2) is 6.91. The van der Waals surface area contributed by atoms with Gasteiger partial charge in [-0.2, -0.15) is 0 Å². The number of aryl methyl sites for hydroxylation is 2. The summed E-state index contributed by atoms with van der Waals surface area (Å²) in [5, 5.41) is 2.90. The topological polar surface area (TPSA) is 64.1 Å². The van der Waals surface area contributed by atoms with Gasteiger partial charge in [-0.25, -0.2) is 4.98 Å². The molecule has 120 valence electrons. The molecular formula is C19H17N3O2.